The summed E-state index contributed by atoms with van der Waals surface area (Å²) in [5, 5.41) is 20.3. The first-order chi connectivity index (χ1) is 16.0. The molecule has 0 aliphatic carbocycles. The first-order valence-electron chi connectivity index (χ1n) is 10.9. The lowest BCUT2D eigenvalue weighted by Crippen LogP contribution is -2.39. The van der Waals surface area contributed by atoms with Gasteiger partial charge in [-0.3, -0.25) is 4.68 Å². The summed E-state index contributed by atoms with van der Waals surface area (Å²) in [7, 11) is 3.58. The monoisotopic (exact) mass is 467 g/mol. The van der Waals surface area contributed by atoms with Crippen LogP contribution in [0.5, 0.6) is 17.2 Å². The Morgan fingerprint density at radius 2 is 1.79 bits per heavy atom. The van der Waals surface area contributed by atoms with Gasteiger partial charge >= 0.3 is 0 Å². The number of nitrogens with zero attached hydrogens (tertiary/aromatic N) is 2. The van der Waals surface area contributed by atoms with E-state index in [1.54, 1.807) is 18.4 Å². The summed E-state index contributed by atoms with van der Waals surface area (Å²) in [4.78, 5) is 0. The van der Waals surface area contributed by atoms with Gasteiger partial charge in [0.15, 0.2) is 11.5 Å². The van der Waals surface area contributed by atoms with Gasteiger partial charge in [-0.05, 0) is 54.8 Å². The van der Waals surface area contributed by atoms with Crippen LogP contribution in [0.4, 0.5) is 0 Å². The Hall–Kier alpha value is -3.07. The molecule has 0 bridgehead atoms. The lowest BCUT2D eigenvalue weighted by Gasteiger charge is -2.19. The van der Waals surface area contributed by atoms with Crippen molar-refractivity contribution < 1.29 is 19.3 Å². The molecule has 8 heteroatoms. The summed E-state index contributed by atoms with van der Waals surface area (Å²) in [5.74, 6) is 2.11. The molecule has 4 rings (SSSR count). The lowest BCUT2D eigenvalue weighted by molar-refractivity contribution is 0.101. The summed E-state index contributed by atoms with van der Waals surface area (Å²) in [6.45, 7) is 3.06. The van der Waals surface area contributed by atoms with Crippen molar-refractivity contribution in [3.05, 3.63) is 60.0 Å². The number of methoxy groups -OCH3 is 1. The number of aryl methyl sites for hydroxylation is 1. The third kappa shape index (κ3) is 5.65. The minimum absolute atomic E-state index is 0.0521. The van der Waals surface area contributed by atoms with E-state index in [0.29, 0.717) is 30.4 Å². The average molecular weight is 468 g/mol. The first kappa shape index (κ1) is 23.1. The molecule has 2 aromatic carbocycles. The molecule has 33 heavy (non-hydrogen) atoms. The highest BCUT2D eigenvalue weighted by Gasteiger charge is 2.13. The summed E-state index contributed by atoms with van der Waals surface area (Å²) < 4.78 is 20.0. The maximum atomic E-state index is 10.3. The Morgan fingerprint density at radius 3 is 2.55 bits per heavy atom. The fourth-order valence-electron chi connectivity index (χ4n) is 3.48. The summed E-state index contributed by atoms with van der Waals surface area (Å²) in [5.41, 5.74) is 3.15. The maximum absolute atomic E-state index is 10.3. The Kier molecular flexibility index (Phi) is 7.49. The largest absolute Gasteiger partial charge is 0.493 e. The number of benzene rings is 2. The van der Waals surface area contributed by atoms with Crippen molar-refractivity contribution in [2.24, 2.45) is 7.05 Å². The Morgan fingerprint density at radius 1 is 1.03 bits per heavy atom. The van der Waals surface area contributed by atoms with Gasteiger partial charge in [-0.25, -0.2) is 0 Å². The third-order valence-electron chi connectivity index (χ3n) is 5.29. The minimum atomic E-state index is -0.639. The zero-order chi connectivity index (χ0) is 23.2. The van der Waals surface area contributed by atoms with Crippen LogP contribution in [0.3, 0.4) is 0 Å². The number of aromatic nitrogens is 2. The molecule has 0 fully saturated rings. The van der Waals surface area contributed by atoms with Gasteiger partial charge < -0.3 is 24.6 Å². The van der Waals surface area contributed by atoms with E-state index in [4.69, 9.17) is 14.2 Å². The van der Waals surface area contributed by atoms with Crippen molar-refractivity contribution in [2.45, 2.75) is 19.1 Å². The Bertz CT molecular complexity index is 1170. The fourth-order valence-corrected chi connectivity index (χ4v) is 4.41. The molecule has 7 nitrogen and oxygen atoms in total. The zero-order valence-electron chi connectivity index (χ0n) is 19.0. The normalized spacial score (nSPS) is 13.1. The topological polar surface area (TPSA) is 77.8 Å². The molecule has 0 aliphatic heterocycles. The highest BCUT2D eigenvalue weighted by Crippen LogP contribution is 2.32. The molecule has 2 atom stereocenters. The van der Waals surface area contributed by atoms with Gasteiger partial charge in [0, 0.05) is 25.2 Å². The van der Waals surface area contributed by atoms with E-state index in [1.807, 2.05) is 67.2 Å². The molecule has 0 saturated heterocycles. The molecular weight excluding hydrogens is 438 g/mol. The SMILES string of the molecule is COc1ccccc1OCC(C)NCC(O)COc1ccc(-c2nn(C)c3ccsc23)cc1. The second-order valence-corrected chi connectivity index (χ2v) is 8.78. The van der Waals surface area contributed by atoms with Crippen molar-refractivity contribution in [3.8, 4) is 28.5 Å². The predicted molar refractivity (Wildman–Crippen MR) is 131 cm³/mol. The minimum Gasteiger partial charge on any atom is -0.493 e. The van der Waals surface area contributed by atoms with E-state index in [2.05, 4.69) is 21.9 Å². The quantitative estimate of drug-likeness (QED) is 0.346. The molecular formula is C25H29N3O4S. The van der Waals surface area contributed by atoms with Crippen LogP contribution < -0.4 is 19.5 Å². The second-order valence-electron chi connectivity index (χ2n) is 7.87. The van der Waals surface area contributed by atoms with Crippen LogP contribution in [0, 0.1) is 0 Å². The maximum Gasteiger partial charge on any atom is 0.161 e. The number of para-hydroxylation sites is 2. The molecule has 0 radical (unpaired) electrons. The molecule has 0 aliphatic rings. The van der Waals surface area contributed by atoms with E-state index >= 15 is 0 Å². The molecule has 2 heterocycles. The fraction of sp³-hybridized carbons (Fsp3) is 0.320. The van der Waals surface area contributed by atoms with Gasteiger partial charge in [0.05, 0.1) is 17.3 Å². The standard InChI is InChI=1S/C25H29N3O4S/c1-17(15-32-23-7-5-4-6-22(23)30-3)26-14-19(29)16-31-20-10-8-18(9-11-20)24-25-21(12-13-33-25)28(2)27-24/h4-13,17,19,26,29H,14-16H2,1-3H3. The lowest BCUT2D eigenvalue weighted by atomic mass is 10.1. The van der Waals surface area contributed by atoms with Gasteiger partial charge in [-0.1, -0.05) is 12.1 Å². The number of aliphatic hydroxyl groups excluding tert-OH is 1. The second kappa shape index (κ2) is 10.7. The van der Waals surface area contributed by atoms with Crippen LogP contribution in [0.15, 0.2) is 60.0 Å². The molecule has 0 saturated carbocycles. The van der Waals surface area contributed by atoms with Crippen LogP contribution in [0.25, 0.3) is 21.5 Å². The smallest absolute Gasteiger partial charge is 0.161 e. The van der Waals surface area contributed by atoms with Gasteiger partial charge in [0.2, 0.25) is 0 Å². The van der Waals surface area contributed by atoms with Crippen LogP contribution in [0.2, 0.25) is 0 Å². The number of hydrogen-bond donors (Lipinski definition) is 2. The van der Waals surface area contributed by atoms with Crippen molar-refractivity contribution in [2.75, 3.05) is 26.9 Å². The molecule has 0 spiro atoms. The highest BCUT2D eigenvalue weighted by atomic mass is 32.1. The summed E-state index contributed by atoms with van der Waals surface area (Å²) in [6.07, 6.45) is -0.639. The summed E-state index contributed by atoms with van der Waals surface area (Å²) >= 11 is 1.69. The van der Waals surface area contributed by atoms with Gasteiger partial charge in [0.1, 0.15) is 30.8 Å². The van der Waals surface area contributed by atoms with Gasteiger partial charge in [-0.15, -0.1) is 11.3 Å². The van der Waals surface area contributed by atoms with E-state index in [0.717, 1.165) is 16.8 Å². The highest BCUT2D eigenvalue weighted by molar-refractivity contribution is 7.17. The predicted octanol–water partition coefficient (Wildman–Crippen LogP) is 4.11. The number of hydrogen-bond acceptors (Lipinski definition) is 7. The molecule has 174 valence electrons. The van der Waals surface area contributed by atoms with Crippen LogP contribution in [-0.4, -0.2) is 53.9 Å². The van der Waals surface area contributed by atoms with Crippen molar-refractivity contribution in [1.29, 1.82) is 0 Å². The first-order valence-corrected chi connectivity index (χ1v) is 11.7. The molecule has 2 unspecified atom stereocenters. The van der Waals surface area contributed by atoms with E-state index in [1.165, 1.54) is 4.70 Å². The number of rotatable bonds is 11. The Labute approximate surface area is 197 Å². The van der Waals surface area contributed by atoms with Crippen LogP contribution >= 0.6 is 11.3 Å². The number of ether oxygens (including phenoxy) is 3. The number of nitrogens with one attached hydrogen (secondary N) is 1. The Balaban J connectivity index is 1.22. The molecule has 4 aromatic rings. The van der Waals surface area contributed by atoms with Gasteiger partial charge in [-0.2, -0.15) is 5.10 Å². The van der Waals surface area contributed by atoms with E-state index < -0.39 is 6.10 Å². The zero-order valence-corrected chi connectivity index (χ0v) is 19.8. The molecule has 0 amide bonds. The number of thiophene rings is 1. The van der Waals surface area contributed by atoms with Crippen LogP contribution in [-0.2, 0) is 7.05 Å². The summed E-state index contributed by atoms with van der Waals surface area (Å²) in [6, 6.07) is 17.5. The van der Waals surface area contributed by atoms with E-state index in [9.17, 15) is 5.11 Å². The van der Waals surface area contributed by atoms with Crippen molar-refractivity contribution >= 4 is 21.6 Å². The van der Waals surface area contributed by atoms with Crippen molar-refractivity contribution in [3.63, 3.8) is 0 Å². The van der Waals surface area contributed by atoms with Crippen LogP contribution in [0.1, 0.15) is 6.92 Å². The van der Waals surface area contributed by atoms with E-state index in [-0.39, 0.29) is 12.6 Å². The van der Waals surface area contributed by atoms with Crippen molar-refractivity contribution in [1.82, 2.24) is 15.1 Å². The van der Waals surface area contributed by atoms with Gasteiger partial charge in [0.25, 0.3) is 0 Å². The number of aliphatic hydroxyl groups is 1. The third-order valence-corrected chi connectivity index (χ3v) is 6.20. The molecule has 2 aromatic heterocycles. The average Bonchev–Trinajstić information content (AvgIpc) is 3.44. The number of fused-ring (bicyclic) bond motifs is 1. The molecule has 2 N–H and O–H groups in total.